The molecule has 0 radical (unpaired) electrons. The van der Waals surface area contributed by atoms with Crippen LogP contribution in [0.25, 0.3) is 0 Å². The summed E-state index contributed by atoms with van der Waals surface area (Å²) in [4.78, 5) is 30.4. The number of piperazine rings is 1. The highest BCUT2D eigenvalue weighted by molar-refractivity contribution is 9.10. The molecule has 8 heteroatoms. The number of hydrogen-bond donors (Lipinski definition) is 0. The molecule has 144 valence electrons. The largest absolute Gasteiger partial charge is 0.482 e. The van der Waals surface area contributed by atoms with Crippen molar-refractivity contribution in [2.24, 2.45) is 5.92 Å². The molecule has 0 saturated carbocycles. The van der Waals surface area contributed by atoms with Gasteiger partial charge in [-0.2, -0.15) is 5.26 Å². The zero-order chi connectivity index (χ0) is 19.6. The van der Waals surface area contributed by atoms with Gasteiger partial charge < -0.3 is 9.64 Å². The van der Waals surface area contributed by atoms with Gasteiger partial charge in [-0.05, 0) is 24.1 Å². The Morgan fingerprint density at radius 2 is 2.00 bits per heavy atom. The molecule has 27 heavy (non-hydrogen) atoms. The highest BCUT2D eigenvalue weighted by Gasteiger charge is 2.31. The van der Waals surface area contributed by atoms with Crippen LogP contribution in [0.5, 0.6) is 5.75 Å². The predicted molar refractivity (Wildman–Crippen MR) is 104 cm³/mol. The molecule has 2 aliphatic rings. The van der Waals surface area contributed by atoms with E-state index in [1.807, 2.05) is 19.9 Å². The first-order chi connectivity index (χ1) is 12.9. The zero-order valence-corrected chi connectivity index (χ0v) is 17.1. The van der Waals surface area contributed by atoms with Gasteiger partial charge >= 0.3 is 0 Å². The van der Waals surface area contributed by atoms with Gasteiger partial charge in [0.05, 0.1) is 11.8 Å². The van der Waals surface area contributed by atoms with Crippen LogP contribution in [0, 0.1) is 17.2 Å². The van der Waals surface area contributed by atoms with E-state index in [4.69, 9.17) is 4.74 Å². The number of carbonyl (C=O) groups is 2. The molecule has 1 unspecified atom stereocenters. The Hall–Kier alpha value is -2.11. The molecule has 1 fully saturated rings. The van der Waals surface area contributed by atoms with Crippen molar-refractivity contribution in [2.75, 3.05) is 44.2 Å². The lowest BCUT2D eigenvalue weighted by atomic mass is 10.0. The van der Waals surface area contributed by atoms with Crippen molar-refractivity contribution in [2.45, 2.75) is 19.9 Å². The van der Waals surface area contributed by atoms with Crippen molar-refractivity contribution >= 4 is 33.4 Å². The number of benzene rings is 1. The minimum absolute atomic E-state index is 0.00266. The van der Waals surface area contributed by atoms with Crippen LogP contribution >= 0.6 is 15.9 Å². The number of anilines is 1. The quantitative estimate of drug-likeness (QED) is 0.722. The molecule has 0 N–H and O–H groups in total. The predicted octanol–water partition coefficient (Wildman–Crippen LogP) is 1.87. The van der Waals surface area contributed by atoms with E-state index in [-0.39, 0.29) is 36.9 Å². The molecule has 0 bridgehead atoms. The number of halogens is 1. The molecular formula is C19H23BrN4O3. The summed E-state index contributed by atoms with van der Waals surface area (Å²) in [7, 11) is 0. The Labute approximate surface area is 167 Å². The van der Waals surface area contributed by atoms with Crippen LogP contribution in [-0.4, -0.2) is 67.0 Å². The van der Waals surface area contributed by atoms with Crippen molar-refractivity contribution in [3.8, 4) is 11.8 Å². The lowest BCUT2D eigenvalue weighted by Crippen LogP contribution is -2.55. The summed E-state index contributed by atoms with van der Waals surface area (Å²) in [5.41, 5.74) is 0.616. The summed E-state index contributed by atoms with van der Waals surface area (Å²) >= 11 is 3.39. The minimum Gasteiger partial charge on any atom is -0.482 e. The standard InChI is InChI=1S/C19H23BrN4O3/c1-13(2)16(10-21)22-5-7-23(8-6-22)18(25)11-24-15-4-3-14(20)9-17(15)27-12-19(24)26/h3-4,9,13,16H,5-8,11-12H2,1-2H3. The summed E-state index contributed by atoms with van der Waals surface area (Å²) in [6.07, 6.45) is 0. The molecule has 1 atom stereocenters. The van der Waals surface area contributed by atoms with E-state index < -0.39 is 0 Å². The first-order valence-electron chi connectivity index (χ1n) is 9.05. The number of rotatable bonds is 4. The van der Waals surface area contributed by atoms with Crippen LogP contribution in [-0.2, 0) is 9.59 Å². The molecule has 1 aromatic rings. The molecule has 1 aromatic carbocycles. The summed E-state index contributed by atoms with van der Waals surface area (Å²) in [6, 6.07) is 7.62. The fourth-order valence-corrected chi connectivity index (χ4v) is 3.83. The molecule has 2 amide bonds. The van der Waals surface area contributed by atoms with Gasteiger partial charge in [-0.15, -0.1) is 0 Å². The number of carbonyl (C=O) groups excluding carboxylic acids is 2. The molecule has 0 spiro atoms. The van der Waals surface area contributed by atoms with Gasteiger partial charge in [-0.3, -0.25) is 19.4 Å². The third kappa shape index (κ3) is 4.25. The summed E-state index contributed by atoms with van der Waals surface area (Å²) in [5.74, 6) is 0.535. The molecule has 2 heterocycles. The number of fused-ring (bicyclic) bond motifs is 1. The van der Waals surface area contributed by atoms with E-state index in [9.17, 15) is 14.9 Å². The number of nitrogens with zero attached hydrogens (tertiary/aromatic N) is 4. The molecule has 0 aromatic heterocycles. The second-order valence-corrected chi connectivity index (χ2v) is 8.03. The van der Waals surface area contributed by atoms with Gasteiger partial charge in [-0.25, -0.2) is 0 Å². The number of ether oxygens (including phenoxy) is 1. The average molecular weight is 435 g/mol. The molecule has 1 saturated heterocycles. The maximum Gasteiger partial charge on any atom is 0.265 e. The molecule has 7 nitrogen and oxygen atoms in total. The zero-order valence-electron chi connectivity index (χ0n) is 15.5. The molecule has 3 rings (SSSR count). The van der Waals surface area contributed by atoms with E-state index >= 15 is 0 Å². The SMILES string of the molecule is CC(C)C(C#N)N1CCN(C(=O)CN2C(=O)COc3cc(Br)ccc32)CC1. The average Bonchev–Trinajstić information content (AvgIpc) is 2.64. The molecular weight excluding hydrogens is 412 g/mol. The van der Waals surface area contributed by atoms with Crippen LogP contribution in [0.3, 0.4) is 0 Å². The topological polar surface area (TPSA) is 76.9 Å². The smallest absolute Gasteiger partial charge is 0.265 e. The third-order valence-electron chi connectivity index (χ3n) is 4.98. The van der Waals surface area contributed by atoms with E-state index in [0.29, 0.717) is 37.6 Å². The van der Waals surface area contributed by atoms with E-state index in [1.54, 1.807) is 17.0 Å². The fraction of sp³-hybridized carbons (Fsp3) is 0.526. The highest BCUT2D eigenvalue weighted by Crippen LogP contribution is 2.34. The van der Waals surface area contributed by atoms with Crippen molar-refractivity contribution in [1.29, 1.82) is 5.26 Å². The second kappa shape index (κ2) is 8.28. The number of hydrogen-bond acceptors (Lipinski definition) is 5. The van der Waals surface area contributed by atoms with Gasteiger partial charge in [0, 0.05) is 30.7 Å². The lowest BCUT2D eigenvalue weighted by molar-refractivity contribution is -0.133. The minimum atomic E-state index is -0.221. The van der Waals surface area contributed by atoms with Crippen LogP contribution in [0.1, 0.15) is 13.8 Å². The van der Waals surface area contributed by atoms with Crippen LogP contribution < -0.4 is 9.64 Å². The summed E-state index contributed by atoms with van der Waals surface area (Å²) in [6.45, 7) is 6.47. The van der Waals surface area contributed by atoms with E-state index in [1.165, 1.54) is 4.90 Å². The Morgan fingerprint density at radius 1 is 1.30 bits per heavy atom. The fourth-order valence-electron chi connectivity index (χ4n) is 3.49. The summed E-state index contributed by atoms with van der Waals surface area (Å²) in [5, 5.41) is 9.35. The van der Waals surface area contributed by atoms with Crippen molar-refractivity contribution in [3.63, 3.8) is 0 Å². The van der Waals surface area contributed by atoms with Crippen LogP contribution in [0.4, 0.5) is 5.69 Å². The third-order valence-corrected chi connectivity index (χ3v) is 5.48. The van der Waals surface area contributed by atoms with Crippen molar-refractivity contribution < 1.29 is 14.3 Å². The lowest BCUT2D eigenvalue weighted by Gasteiger charge is -2.39. The van der Waals surface area contributed by atoms with Crippen molar-refractivity contribution in [3.05, 3.63) is 22.7 Å². The maximum absolute atomic E-state index is 12.8. The van der Waals surface area contributed by atoms with E-state index in [2.05, 4.69) is 26.9 Å². The number of nitriles is 1. The summed E-state index contributed by atoms with van der Waals surface area (Å²) < 4.78 is 6.32. The van der Waals surface area contributed by atoms with E-state index in [0.717, 1.165) is 4.47 Å². The van der Waals surface area contributed by atoms with Gasteiger partial charge in [-0.1, -0.05) is 29.8 Å². The monoisotopic (exact) mass is 434 g/mol. The Bertz CT molecular complexity index is 769. The normalized spacial score (nSPS) is 18.7. The van der Waals surface area contributed by atoms with Gasteiger partial charge in [0.1, 0.15) is 18.3 Å². The van der Waals surface area contributed by atoms with Gasteiger partial charge in [0.15, 0.2) is 6.61 Å². The highest BCUT2D eigenvalue weighted by atomic mass is 79.9. The second-order valence-electron chi connectivity index (χ2n) is 7.12. The number of amides is 2. The van der Waals surface area contributed by atoms with Crippen LogP contribution in [0.15, 0.2) is 22.7 Å². The van der Waals surface area contributed by atoms with Gasteiger partial charge in [0.2, 0.25) is 5.91 Å². The van der Waals surface area contributed by atoms with Gasteiger partial charge in [0.25, 0.3) is 5.91 Å². The first kappa shape index (κ1) is 19.6. The Morgan fingerprint density at radius 3 is 2.63 bits per heavy atom. The maximum atomic E-state index is 12.8. The Balaban J connectivity index is 1.64. The first-order valence-corrected chi connectivity index (χ1v) is 9.84. The molecule has 2 aliphatic heterocycles. The van der Waals surface area contributed by atoms with Crippen molar-refractivity contribution in [1.82, 2.24) is 9.80 Å². The van der Waals surface area contributed by atoms with Crippen LogP contribution in [0.2, 0.25) is 0 Å². The molecule has 0 aliphatic carbocycles. The Kier molecular flexibility index (Phi) is 6.02.